The van der Waals surface area contributed by atoms with E-state index < -0.39 is 0 Å². The van der Waals surface area contributed by atoms with Gasteiger partial charge in [-0.15, -0.1) is 0 Å². The third-order valence-electron chi connectivity index (χ3n) is 5.03. The summed E-state index contributed by atoms with van der Waals surface area (Å²) in [6.45, 7) is 2.57. The summed E-state index contributed by atoms with van der Waals surface area (Å²) in [7, 11) is 0. The van der Waals surface area contributed by atoms with E-state index in [9.17, 15) is 9.59 Å². The molecular formula is C20H20N4O2. The zero-order valence-electron chi connectivity index (χ0n) is 14.5. The molecule has 0 saturated heterocycles. The number of benzene rings is 1. The number of rotatable bonds is 3. The first-order valence-electron chi connectivity index (χ1n) is 8.67. The van der Waals surface area contributed by atoms with Crippen LogP contribution >= 0.6 is 0 Å². The molecule has 2 aromatic heterocycles. The highest BCUT2D eigenvalue weighted by molar-refractivity contribution is 5.85. The number of amides is 1. The van der Waals surface area contributed by atoms with E-state index >= 15 is 0 Å². The molecule has 26 heavy (non-hydrogen) atoms. The second-order valence-corrected chi connectivity index (χ2v) is 6.74. The Kier molecular flexibility index (Phi) is 3.95. The zero-order valence-corrected chi connectivity index (χ0v) is 14.5. The number of carbonyl (C=O) groups excluding carboxylic acids is 1. The lowest BCUT2D eigenvalue weighted by atomic mass is 9.85. The number of fused-ring (bicyclic) bond motifs is 2. The first kappa shape index (κ1) is 16.3. The van der Waals surface area contributed by atoms with Crippen LogP contribution in [0.25, 0.3) is 5.65 Å². The number of nitrogens with two attached hydrogens (primary N) is 1. The number of para-hydroxylation sites is 1. The van der Waals surface area contributed by atoms with Crippen LogP contribution in [0.3, 0.4) is 0 Å². The number of anilines is 1. The van der Waals surface area contributed by atoms with Crippen LogP contribution in [0.15, 0.2) is 59.5 Å². The van der Waals surface area contributed by atoms with Gasteiger partial charge < -0.3 is 10.6 Å². The fourth-order valence-electron chi connectivity index (χ4n) is 3.75. The van der Waals surface area contributed by atoms with Crippen LogP contribution in [-0.2, 0) is 11.3 Å². The maximum atomic E-state index is 12.4. The minimum Gasteiger partial charge on any atom is -0.369 e. The summed E-state index contributed by atoms with van der Waals surface area (Å²) in [5, 5.41) is 0. The Bertz CT molecular complexity index is 1040. The fourth-order valence-corrected chi connectivity index (χ4v) is 3.75. The molecule has 1 aliphatic rings. The van der Waals surface area contributed by atoms with Crippen LogP contribution < -0.4 is 16.2 Å². The van der Waals surface area contributed by atoms with Gasteiger partial charge in [0.1, 0.15) is 5.65 Å². The van der Waals surface area contributed by atoms with Gasteiger partial charge in [0.15, 0.2) is 0 Å². The van der Waals surface area contributed by atoms with Gasteiger partial charge >= 0.3 is 0 Å². The SMILES string of the molecule is C[C@H]1C[C@@H](C(N)=O)c2ccccc2N1Cc1cc(=O)n2ccccc2n1. The van der Waals surface area contributed by atoms with Crippen molar-refractivity contribution in [3.05, 3.63) is 76.3 Å². The number of hydrogen-bond donors (Lipinski definition) is 1. The molecule has 0 radical (unpaired) electrons. The summed E-state index contributed by atoms with van der Waals surface area (Å²) in [5.41, 5.74) is 8.77. The first-order chi connectivity index (χ1) is 12.5. The first-order valence-corrected chi connectivity index (χ1v) is 8.67. The van der Waals surface area contributed by atoms with Crippen molar-refractivity contribution in [2.75, 3.05) is 4.90 Å². The van der Waals surface area contributed by atoms with Crippen molar-refractivity contribution in [2.24, 2.45) is 5.73 Å². The Morgan fingerprint density at radius 2 is 2.00 bits per heavy atom. The monoisotopic (exact) mass is 348 g/mol. The smallest absolute Gasteiger partial charge is 0.258 e. The molecule has 4 rings (SSSR count). The second kappa shape index (κ2) is 6.29. The van der Waals surface area contributed by atoms with Crippen LogP contribution in [0.4, 0.5) is 5.69 Å². The van der Waals surface area contributed by atoms with E-state index in [2.05, 4.69) is 16.8 Å². The van der Waals surface area contributed by atoms with E-state index in [1.165, 1.54) is 4.40 Å². The third kappa shape index (κ3) is 2.73. The third-order valence-corrected chi connectivity index (χ3v) is 5.03. The van der Waals surface area contributed by atoms with Gasteiger partial charge in [-0.25, -0.2) is 4.98 Å². The van der Waals surface area contributed by atoms with Crippen molar-refractivity contribution in [2.45, 2.75) is 31.8 Å². The average Bonchev–Trinajstić information content (AvgIpc) is 2.63. The van der Waals surface area contributed by atoms with Crippen LogP contribution in [-0.4, -0.2) is 21.3 Å². The maximum Gasteiger partial charge on any atom is 0.258 e. The van der Waals surface area contributed by atoms with Crippen LogP contribution in [0.1, 0.15) is 30.5 Å². The summed E-state index contributed by atoms with van der Waals surface area (Å²) >= 11 is 0. The van der Waals surface area contributed by atoms with E-state index in [0.29, 0.717) is 24.3 Å². The summed E-state index contributed by atoms with van der Waals surface area (Å²) in [6.07, 6.45) is 2.36. The van der Waals surface area contributed by atoms with Crippen LogP contribution in [0.2, 0.25) is 0 Å². The van der Waals surface area contributed by atoms with Gasteiger partial charge in [-0.2, -0.15) is 0 Å². The molecule has 0 aliphatic carbocycles. The molecule has 0 spiro atoms. The van der Waals surface area contributed by atoms with Crippen molar-refractivity contribution in [3.63, 3.8) is 0 Å². The molecule has 6 nitrogen and oxygen atoms in total. The van der Waals surface area contributed by atoms with E-state index in [4.69, 9.17) is 5.73 Å². The number of aromatic nitrogens is 2. The van der Waals surface area contributed by atoms with Gasteiger partial charge in [-0.3, -0.25) is 14.0 Å². The molecule has 6 heteroatoms. The number of hydrogen-bond acceptors (Lipinski definition) is 4. The number of nitrogens with zero attached hydrogens (tertiary/aromatic N) is 3. The highest BCUT2D eigenvalue weighted by Gasteiger charge is 2.33. The lowest BCUT2D eigenvalue weighted by molar-refractivity contribution is -0.119. The Hall–Kier alpha value is -3.15. The number of pyridine rings is 1. The lowest BCUT2D eigenvalue weighted by Crippen LogP contribution is -2.41. The average molecular weight is 348 g/mol. The molecule has 2 N–H and O–H groups in total. The summed E-state index contributed by atoms with van der Waals surface area (Å²) in [6, 6.07) is 15.0. The predicted molar refractivity (Wildman–Crippen MR) is 100 cm³/mol. The summed E-state index contributed by atoms with van der Waals surface area (Å²) in [4.78, 5) is 31.0. The van der Waals surface area contributed by atoms with E-state index in [-0.39, 0.29) is 23.4 Å². The molecule has 132 valence electrons. The Balaban J connectivity index is 1.75. The Labute approximate surface area is 150 Å². The van der Waals surface area contributed by atoms with Gasteiger partial charge in [0.25, 0.3) is 5.56 Å². The fraction of sp³-hybridized carbons (Fsp3) is 0.250. The molecule has 1 aliphatic heterocycles. The molecule has 0 unspecified atom stereocenters. The van der Waals surface area contributed by atoms with Gasteiger partial charge in [0.2, 0.25) is 5.91 Å². The largest absolute Gasteiger partial charge is 0.369 e. The highest BCUT2D eigenvalue weighted by atomic mass is 16.1. The van der Waals surface area contributed by atoms with E-state index in [0.717, 1.165) is 11.3 Å². The maximum absolute atomic E-state index is 12.4. The number of carbonyl (C=O) groups is 1. The van der Waals surface area contributed by atoms with Crippen LogP contribution in [0, 0.1) is 0 Å². The molecule has 1 amide bonds. The van der Waals surface area contributed by atoms with Gasteiger partial charge in [-0.05, 0) is 37.1 Å². The highest BCUT2D eigenvalue weighted by Crippen LogP contribution is 2.38. The molecule has 0 fully saturated rings. The Morgan fingerprint density at radius 3 is 2.81 bits per heavy atom. The van der Waals surface area contributed by atoms with Crippen LogP contribution in [0.5, 0.6) is 0 Å². The molecule has 0 bridgehead atoms. The minimum absolute atomic E-state index is 0.0986. The van der Waals surface area contributed by atoms with Crippen molar-refractivity contribution in [1.82, 2.24) is 9.38 Å². The molecule has 2 atom stereocenters. The lowest BCUT2D eigenvalue weighted by Gasteiger charge is -2.39. The quantitative estimate of drug-likeness (QED) is 0.786. The second-order valence-electron chi connectivity index (χ2n) is 6.74. The topological polar surface area (TPSA) is 80.7 Å². The molecule has 0 saturated carbocycles. The normalized spacial score (nSPS) is 19.3. The van der Waals surface area contributed by atoms with Crippen molar-refractivity contribution >= 4 is 17.2 Å². The Morgan fingerprint density at radius 1 is 1.23 bits per heavy atom. The predicted octanol–water partition coefficient (Wildman–Crippen LogP) is 2.06. The van der Waals surface area contributed by atoms with Gasteiger partial charge in [-0.1, -0.05) is 24.3 Å². The molecule has 3 heterocycles. The van der Waals surface area contributed by atoms with Crippen molar-refractivity contribution in [1.29, 1.82) is 0 Å². The molecule has 3 aromatic rings. The van der Waals surface area contributed by atoms with Crippen molar-refractivity contribution in [3.8, 4) is 0 Å². The van der Waals surface area contributed by atoms with E-state index in [1.54, 1.807) is 12.3 Å². The zero-order chi connectivity index (χ0) is 18.3. The molecular weight excluding hydrogens is 328 g/mol. The van der Waals surface area contributed by atoms with E-state index in [1.807, 2.05) is 42.5 Å². The summed E-state index contributed by atoms with van der Waals surface area (Å²) in [5.74, 6) is -0.585. The number of primary amides is 1. The standard InChI is InChI=1S/C20H20N4O2/c1-13-10-16(20(21)26)15-6-2-3-7-17(15)24(13)12-14-11-19(25)23-9-5-4-8-18(23)22-14/h2-9,11,13,16H,10,12H2,1H3,(H2,21,26)/t13-,16+/m0/s1. The minimum atomic E-state index is -0.300. The molecule has 1 aromatic carbocycles. The van der Waals surface area contributed by atoms with Crippen molar-refractivity contribution < 1.29 is 4.79 Å². The van der Waals surface area contributed by atoms with Gasteiger partial charge in [0, 0.05) is 24.0 Å². The summed E-state index contributed by atoms with van der Waals surface area (Å²) < 4.78 is 1.53. The van der Waals surface area contributed by atoms with Gasteiger partial charge in [0.05, 0.1) is 18.2 Å².